The number of aromatic nitrogens is 2. The number of aliphatic carboxylic acids is 1. The Hall–Kier alpha value is -1.66. The summed E-state index contributed by atoms with van der Waals surface area (Å²) in [7, 11) is 1.93. The molecule has 6 heteroatoms. The van der Waals surface area contributed by atoms with Crippen LogP contribution in [0.3, 0.4) is 0 Å². The highest BCUT2D eigenvalue weighted by molar-refractivity contribution is 9.10. The molecule has 0 aliphatic rings. The number of rotatable bonds is 7. The third-order valence-electron chi connectivity index (χ3n) is 3.61. The van der Waals surface area contributed by atoms with Crippen molar-refractivity contribution in [1.29, 1.82) is 0 Å². The number of halogens is 1. The maximum atomic E-state index is 10.7. The third kappa shape index (κ3) is 4.91. The summed E-state index contributed by atoms with van der Waals surface area (Å²) in [6.07, 6.45) is 2.18. The van der Waals surface area contributed by atoms with E-state index >= 15 is 0 Å². The van der Waals surface area contributed by atoms with Crippen molar-refractivity contribution < 1.29 is 9.90 Å². The Balaban J connectivity index is 2.21. The van der Waals surface area contributed by atoms with Crippen LogP contribution in [0.25, 0.3) is 5.69 Å². The van der Waals surface area contributed by atoms with E-state index in [-0.39, 0.29) is 6.42 Å². The molecule has 0 saturated heterocycles. The number of benzene rings is 1. The Bertz CT molecular complexity index is 665. The summed E-state index contributed by atoms with van der Waals surface area (Å²) in [5, 5.41) is 13.5. The summed E-state index contributed by atoms with van der Waals surface area (Å²) in [5.41, 5.74) is 3.19. The number of nitrogens with zero attached hydrogens (tertiary/aromatic N) is 3. The Morgan fingerprint density at radius 2 is 2.00 bits per heavy atom. The smallest absolute Gasteiger partial charge is 0.304 e. The van der Waals surface area contributed by atoms with Gasteiger partial charge in [0.1, 0.15) is 0 Å². The summed E-state index contributed by atoms with van der Waals surface area (Å²) >= 11 is 3.44. The van der Waals surface area contributed by atoms with Gasteiger partial charge in [-0.25, -0.2) is 4.68 Å². The van der Waals surface area contributed by atoms with Gasteiger partial charge in [0, 0.05) is 29.3 Å². The summed E-state index contributed by atoms with van der Waals surface area (Å²) in [6, 6.07) is 8.01. The van der Waals surface area contributed by atoms with Gasteiger partial charge in [-0.05, 0) is 37.2 Å². The van der Waals surface area contributed by atoms with E-state index in [4.69, 9.17) is 10.2 Å². The normalized spacial score (nSPS) is 11.4. The summed E-state index contributed by atoms with van der Waals surface area (Å²) in [5.74, 6) is -0.457. The molecule has 0 bridgehead atoms. The van der Waals surface area contributed by atoms with Crippen LogP contribution in [0.2, 0.25) is 0 Å². The molecule has 0 unspecified atom stereocenters. The van der Waals surface area contributed by atoms with Gasteiger partial charge in [-0.3, -0.25) is 4.79 Å². The molecule has 2 rings (SSSR count). The predicted molar refractivity (Wildman–Crippen MR) is 93.9 cm³/mol. The van der Waals surface area contributed by atoms with Crippen LogP contribution in [0.4, 0.5) is 0 Å². The molecule has 124 valence electrons. The van der Waals surface area contributed by atoms with E-state index in [2.05, 4.69) is 29.8 Å². The van der Waals surface area contributed by atoms with E-state index in [1.54, 1.807) is 0 Å². The van der Waals surface area contributed by atoms with Gasteiger partial charge in [0.25, 0.3) is 0 Å². The first-order valence-corrected chi connectivity index (χ1v) is 8.41. The molecule has 0 saturated carbocycles. The van der Waals surface area contributed by atoms with E-state index in [0.29, 0.717) is 19.0 Å². The molecule has 1 aromatic heterocycles. The fraction of sp³-hybridized carbons (Fsp3) is 0.412. The van der Waals surface area contributed by atoms with Crippen LogP contribution in [0.1, 0.15) is 37.4 Å². The SMILES string of the molecule is CC(C)c1nn(-c2ccc(Br)cc2)cc1CN(C)CCC(=O)O. The molecular weight excluding hydrogens is 358 g/mol. The van der Waals surface area contributed by atoms with Crippen molar-refractivity contribution in [3.8, 4) is 5.69 Å². The highest BCUT2D eigenvalue weighted by Gasteiger charge is 2.15. The summed E-state index contributed by atoms with van der Waals surface area (Å²) in [6.45, 7) is 5.46. The first kappa shape index (κ1) is 17.7. The molecule has 1 heterocycles. The molecule has 0 atom stereocenters. The second kappa shape index (κ2) is 7.75. The zero-order valence-electron chi connectivity index (χ0n) is 13.7. The van der Waals surface area contributed by atoms with Crippen molar-refractivity contribution in [3.63, 3.8) is 0 Å². The van der Waals surface area contributed by atoms with Crippen LogP contribution in [0, 0.1) is 0 Å². The predicted octanol–water partition coefficient (Wildman–Crippen LogP) is 3.66. The highest BCUT2D eigenvalue weighted by Crippen LogP contribution is 2.22. The van der Waals surface area contributed by atoms with Crippen molar-refractivity contribution in [3.05, 3.63) is 46.2 Å². The van der Waals surface area contributed by atoms with Gasteiger partial charge in [0.15, 0.2) is 0 Å². The molecule has 0 radical (unpaired) electrons. The molecule has 0 amide bonds. The molecule has 23 heavy (non-hydrogen) atoms. The van der Waals surface area contributed by atoms with E-state index < -0.39 is 5.97 Å². The zero-order chi connectivity index (χ0) is 17.0. The van der Waals surface area contributed by atoms with Crippen molar-refractivity contribution in [1.82, 2.24) is 14.7 Å². The second-order valence-corrected chi connectivity index (χ2v) is 6.91. The van der Waals surface area contributed by atoms with Crippen molar-refractivity contribution in [2.75, 3.05) is 13.6 Å². The lowest BCUT2D eigenvalue weighted by Gasteiger charge is -2.15. The molecule has 0 spiro atoms. The Labute approximate surface area is 145 Å². The second-order valence-electron chi connectivity index (χ2n) is 6.00. The number of carboxylic acid groups (broad SMARTS) is 1. The highest BCUT2D eigenvalue weighted by atomic mass is 79.9. The van der Waals surface area contributed by atoms with Gasteiger partial charge in [-0.1, -0.05) is 29.8 Å². The van der Waals surface area contributed by atoms with Crippen LogP contribution in [0.15, 0.2) is 34.9 Å². The zero-order valence-corrected chi connectivity index (χ0v) is 15.2. The maximum Gasteiger partial charge on any atom is 0.304 e. The van der Waals surface area contributed by atoms with Gasteiger partial charge >= 0.3 is 5.97 Å². The van der Waals surface area contributed by atoms with Crippen molar-refractivity contribution >= 4 is 21.9 Å². The quantitative estimate of drug-likeness (QED) is 0.797. The molecule has 5 nitrogen and oxygen atoms in total. The average Bonchev–Trinajstić information content (AvgIpc) is 2.90. The minimum Gasteiger partial charge on any atom is -0.481 e. The van der Waals surface area contributed by atoms with Crippen LogP contribution in [-0.4, -0.2) is 39.3 Å². The molecule has 1 N–H and O–H groups in total. The molecule has 0 fully saturated rings. The summed E-state index contributed by atoms with van der Waals surface area (Å²) in [4.78, 5) is 12.7. The van der Waals surface area contributed by atoms with Crippen LogP contribution < -0.4 is 0 Å². The van der Waals surface area contributed by atoms with E-state index in [1.165, 1.54) is 0 Å². The van der Waals surface area contributed by atoms with Crippen molar-refractivity contribution in [2.24, 2.45) is 0 Å². The number of hydrogen-bond donors (Lipinski definition) is 1. The van der Waals surface area contributed by atoms with Crippen LogP contribution in [0.5, 0.6) is 0 Å². The van der Waals surface area contributed by atoms with Gasteiger partial charge < -0.3 is 10.0 Å². The third-order valence-corrected chi connectivity index (χ3v) is 4.14. The maximum absolute atomic E-state index is 10.7. The van der Waals surface area contributed by atoms with Crippen LogP contribution in [-0.2, 0) is 11.3 Å². The van der Waals surface area contributed by atoms with E-state index in [9.17, 15) is 4.79 Å². The standard InChI is InChI=1S/C17H22BrN3O2/c1-12(2)17-13(10-20(3)9-8-16(22)23)11-21(19-17)15-6-4-14(18)5-7-15/h4-7,11-12H,8-10H2,1-3H3,(H,22,23). The summed E-state index contributed by atoms with van der Waals surface area (Å²) < 4.78 is 2.92. The first-order chi connectivity index (χ1) is 10.9. The number of carboxylic acids is 1. The van der Waals surface area contributed by atoms with Crippen LogP contribution >= 0.6 is 15.9 Å². The molecule has 1 aromatic carbocycles. The van der Waals surface area contributed by atoms with Gasteiger partial charge in [-0.2, -0.15) is 5.10 Å². The first-order valence-electron chi connectivity index (χ1n) is 7.61. The van der Waals surface area contributed by atoms with Crippen molar-refractivity contribution in [2.45, 2.75) is 32.7 Å². The van der Waals surface area contributed by atoms with E-state index in [0.717, 1.165) is 21.4 Å². The number of carbonyl (C=O) groups is 1. The molecule has 0 aliphatic heterocycles. The van der Waals surface area contributed by atoms with Gasteiger partial charge in [0.2, 0.25) is 0 Å². The molecule has 2 aromatic rings. The Kier molecular flexibility index (Phi) is 5.96. The Morgan fingerprint density at radius 1 is 1.35 bits per heavy atom. The molecular formula is C17H22BrN3O2. The number of hydrogen-bond acceptors (Lipinski definition) is 3. The topological polar surface area (TPSA) is 58.4 Å². The monoisotopic (exact) mass is 379 g/mol. The Morgan fingerprint density at radius 3 is 2.57 bits per heavy atom. The lowest BCUT2D eigenvalue weighted by molar-refractivity contribution is -0.137. The lowest BCUT2D eigenvalue weighted by Crippen LogP contribution is -2.21. The fourth-order valence-corrected chi connectivity index (χ4v) is 2.68. The molecule has 0 aliphatic carbocycles. The minimum atomic E-state index is -0.772. The largest absolute Gasteiger partial charge is 0.481 e. The minimum absolute atomic E-state index is 0.147. The lowest BCUT2D eigenvalue weighted by atomic mass is 10.1. The average molecular weight is 380 g/mol. The van der Waals surface area contributed by atoms with Gasteiger partial charge in [-0.15, -0.1) is 0 Å². The van der Waals surface area contributed by atoms with E-state index in [1.807, 2.05) is 47.1 Å². The van der Waals surface area contributed by atoms with Gasteiger partial charge in [0.05, 0.1) is 17.8 Å². The fourth-order valence-electron chi connectivity index (χ4n) is 2.41.